The number of hydrogen-bond acceptors (Lipinski definition) is 4. The summed E-state index contributed by atoms with van der Waals surface area (Å²) in [7, 11) is 0. The van der Waals surface area contributed by atoms with Crippen LogP contribution in [0, 0.1) is 5.82 Å². The fourth-order valence-electron chi connectivity index (χ4n) is 3.38. The Bertz CT molecular complexity index is 695. The summed E-state index contributed by atoms with van der Waals surface area (Å²) in [6.45, 7) is 14.0. The van der Waals surface area contributed by atoms with Crippen molar-refractivity contribution in [3.05, 3.63) is 30.1 Å². The van der Waals surface area contributed by atoms with Crippen LogP contribution in [0.3, 0.4) is 0 Å². The lowest BCUT2D eigenvalue weighted by Gasteiger charge is -2.36. The standard InChI is InChI=1S/C22H37FN6O/c1-5-24-21(26-17-20(30)27-22(2,3)4)25-11-8-12-28-13-15-29(16-14-28)19-10-7-6-9-18(19)23/h6-7,9-10H,5,8,11-17H2,1-4H3,(H,27,30)(H2,24,25,26). The third kappa shape index (κ3) is 8.57. The zero-order valence-corrected chi connectivity index (χ0v) is 18.8. The Morgan fingerprint density at radius 1 is 1.13 bits per heavy atom. The highest BCUT2D eigenvalue weighted by atomic mass is 19.1. The molecule has 1 amide bonds. The number of nitrogens with one attached hydrogen (secondary N) is 3. The number of piperazine rings is 1. The molecule has 0 atom stereocenters. The lowest BCUT2D eigenvalue weighted by atomic mass is 10.1. The molecule has 0 unspecified atom stereocenters. The van der Waals surface area contributed by atoms with E-state index < -0.39 is 0 Å². The van der Waals surface area contributed by atoms with E-state index in [0.29, 0.717) is 11.6 Å². The van der Waals surface area contributed by atoms with E-state index in [1.54, 1.807) is 6.07 Å². The number of carbonyl (C=O) groups excluding carboxylic acids is 1. The van der Waals surface area contributed by atoms with E-state index >= 15 is 0 Å². The normalized spacial score (nSPS) is 15.8. The molecule has 2 rings (SSSR count). The van der Waals surface area contributed by atoms with Crippen LogP contribution in [-0.2, 0) is 4.79 Å². The highest BCUT2D eigenvalue weighted by Gasteiger charge is 2.19. The van der Waals surface area contributed by atoms with Crippen molar-refractivity contribution in [1.29, 1.82) is 0 Å². The van der Waals surface area contributed by atoms with Gasteiger partial charge in [-0.2, -0.15) is 0 Å². The molecule has 8 heteroatoms. The van der Waals surface area contributed by atoms with Crippen LogP contribution in [0.5, 0.6) is 0 Å². The molecular formula is C22H37FN6O. The number of amides is 1. The van der Waals surface area contributed by atoms with Gasteiger partial charge in [0.1, 0.15) is 12.4 Å². The summed E-state index contributed by atoms with van der Waals surface area (Å²) >= 11 is 0. The number of anilines is 1. The number of benzene rings is 1. The van der Waals surface area contributed by atoms with Gasteiger partial charge in [-0.05, 0) is 52.8 Å². The summed E-state index contributed by atoms with van der Waals surface area (Å²) in [5.74, 6) is 0.417. The smallest absolute Gasteiger partial charge is 0.242 e. The molecule has 30 heavy (non-hydrogen) atoms. The maximum Gasteiger partial charge on any atom is 0.242 e. The van der Waals surface area contributed by atoms with Crippen molar-refractivity contribution in [3.63, 3.8) is 0 Å². The minimum Gasteiger partial charge on any atom is -0.367 e. The molecule has 1 saturated heterocycles. The van der Waals surface area contributed by atoms with Crippen LogP contribution in [0.25, 0.3) is 0 Å². The molecule has 1 fully saturated rings. The maximum absolute atomic E-state index is 13.9. The van der Waals surface area contributed by atoms with Gasteiger partial charge in [0.15, 0.2) is 5.96 Å². The number of hydrogen-bond donors (Lipinski definition) is 3. The molecule has 1 aromatic carbocycles. The molecular weight excluding hydrogens is 383 g/mol. The van der Waals surface area contributed by atoms with E-state index in [9.17, 15) is 9.18 Å². The number of rotatable bonds is 8. The van der Waals surface area contributed by atoms with Gasteiger partial charge in [0.2, 0.25) is 5.91 Å². The number of guanidine groups is 1. The van der Waals surface area contributed by atoms with Crippen molar-refractivity contribution >= 4 is 17.6 Å². The summed E-state index contributed by atoms with van der Waals surface area (Å²) in [4.78, 5) is 20.8. The first-order valence-corrected chi connectivity index (χ1v) is 10.8. The Labute approximate surface area is 180 Å². The molecule has 0 aliphatic carbocycles. The topological polar surface area (TPSA) is 72.0 Å². The Hall–Kier alpha value is -2.35. The van der Waals surface area contributed by atoms with Gasteiger partial charge in [-0.15, -0.1) is 0 Å². The molecule has 1 aliphatic heterocycles. The molecule has 0 aromatic heterocycles. The van der Waals surface area contributed by atoms with E-state index in [1.165, 1.54) is 6.07 Å². The molecule has 1 heterocycles. The molecule has 3 N–H and O–H groups in total. The van der Waals surface area contributed by atoms with Crippen LogP contribution in [-0.4, -0.2) is 74.7 Å². The highest BCUT2D eigenvalue weighted by Crippen LogP contribution is 2.20. The van der Waals surface area contributed by atoms with E-state index in [2.05, 4.69) is 30.7 Å². The molecule has 0 spiro atoms. The second-order valence-electron chi connectivity index (χ2n) is 8.55. The molecule has 0 bridgehead atoms. The summed E-state index contributed by atoms with van der Waals surface area (Å²) in [6, 6.07) is 6.97. The van der Waals surface area contributed by atoms with E-state index in [1.807, 2.05) is 39.8 Å². The summed E-state index contributed by atoms with van der Waals surface area (Å²) in [5.41, 5.74) is 0.440. The average Bonchev–Trinajstić information content (AvgIpc) is 2.69. The Morgan fingerprint density at radius 2 is 1.83 bits per heavy atom. The second kappa shape index (κ2) is 11.7. The van der Waals surface area contributed by atoms with Gasteiger partial charge < -0.3 is 20.9 Å². The third-order valence-corrected chi connectivity index (χ3v) is 4.75. The molecule has 1 aliphatic rings. The number of carbonyl (C=O) groups is 1. The van der Waals surface area contributed by atoms with Crippen LogP contribution >= 0.6 is 0 Å². The molecule has 7 nitrogen and oxygen atoms in total. The molecule has 0 saturated carbocycles. The van der Waals surface area contributed by atoms with Crippen LogP contribution in [0.1, 0.15) is 34.1 Å². The molecule has 0 radical (unpaired) electrons. The van der Waals surface area contributed by atoms with Gasteiger partial charge in [-0.25, -0.2) is 9.38 Å². The van der Waals surface area contributed by atoms with Gasteiger partial charge in [-0.1, -0.05) is 12.1 Å². The van der Waals surface area contributed by atoms with Gasteiger partial charge in [-0.3, -0.25) is 9.69 Å². The predicted octanol–water partition coefficient (Wildman–Crippen LogP) is 1.81. The fourth-order valence-corrected chi connectivity index (χ4v) is 3.38. The van der Waals surface area contributed by atoms with Crippen molar-refractivity contribution in [1.82, 2.24) is 20.9 Å². The van der Waals surface area contributed by atoms with Gasteiger partial charge in [0.05, 0.1) is 5.69 Å². The average molecular weight is 421 g/mol. The minimum atomic E-state index is -0.255. The second-order valence-corrected chi connectivity index (χ2v) is 8.55. The lowest BCUT2D eigenvalue weighted by Crippen LogP contribution is -2.47. The number of halogens is 1. The first-order valence-electron chi connectivity index (χ1n) is 10.8. The van der Waals surface area contributed by atoms with Crippen molar-refractivity contribution < 1.29 is 9.18 Å². The van der Waals surface area contributed by atoms with Crippen molar-refractivity contribution in [3.8, 4) is 0 Å². The number of para-hydroxylation sites is 1. The number of nitrogens with zero attached hydrogens (tertiary/aromatic N) is 3. The van der Waals surface area contributed by atoms with Crippen LogP contribution in [0.2, 0.25) is 0 Å². The Balaban J connectivity index is 1.68. The molecule has 1 aromatic rings. The first-order chi connectivity index (χ1) is 14.3. The quantitative estimate of drug-likeness (QED) is 0.340. The van der Waals surface area contributed by atoms with Crippen LogP contribution < -0.4 is 20.9 Å². The monoisotopic (exact) mass is 420 g/mol. The van der Waals surface area contributed by atoms with E-state index in [4.69, 9.17) is 0 Å². The Morgan fingerprint density at radius 3 is 2.47 bits per heavy atom. The SMILES string of the molecule is CCNC(=NCC(=O)NC(C)(C)C)NCCCN1CCN(c2ccccc2F)CC1. The minimum absolute atomic E-state index is 0.0903. The number of aliphatic imine (C=N–C) groups is 1. The van der Waals surface area contributed by atoms with Crippen LogP contribution in [0.15, 0.2) is 29.3 Å². The van der Waals surface area contributed by atoms with Gasteiger partial charge >= 0.3 is 0 Å². The zero-order valence-electron chi connectivity index (χ0n) is 18.8. The fraction of sp³-hybridized carbons (Fsp3) is 0.636. The van der Waals surface area contributed by atoms with Gasteiger partial charge in [0, 0.05) is 44.8 Å². The first kappa shape index (κ1) is 23.9. The lowest BCUT2D eigenvalue weighted by molar-refractivity contribution is -0.121. The van der Waals surface area contributed by atoms with Crippen molar-refractivity contribution in [2.24, 2.45) is 4.99 Å². The van der Waals surface area contributed by atoms with Crippen molar-refractivity contribution in [2.45, 2.75) is 39.7 Å². The summed E-state index contributed by atoms with van der Waals surface area (Å²) in [6.07, 6.45) is 0.971. The highest BCUT2D eigenvalue weighted by molar-refractivity contribution is 5.85. The van der Waals surface area contributed by atoms with E-state index in [0.717, 1.165) is 52.2 Å². The van der Waals surface area contributed by atoms with E-state index in [-0.39, 0.29) is 23.8 Å². The largest absolute Gasteiger partial charge is 0.367 e. The molecule has 168 valence electrons. The van der Waals surface area contributed by atoms with Gasteiger partial charge in [0.25, 0.3) is 0 Å². The predicted molar refractivity (Wildman–Crippen MR) is 122 cm³/mol. The maximum atomic E-state index is 13.9. The van der Waals surface area contributed by atoms with Crippen molar-refractivity contribution in [2.75, 3.05) is 57.3 Å². The third-order valence-electron chi connectivity index (χ3n) is 4.75. The summed E-state index contributed by atoms with van der Waals surface area (Å²) < 4.78 is 13.9. The zero-order chi connectivity index (χ0) is 22.0. The van der Waals surface area contributed by atoms with Crippen LogP contribution in [0.4, 0.5) is 10.1 Å². The summed E-state index contributed by atoms with van der Waals surface area (Å²) in [5, 5.41) is 9.37. The Kier molecular flexibility index (Phi) is 9.36.